The topological polar surface area (TPSA) is 12.0 Å². The quantitative estimate of drug-likeness (QED) is 0.786. The summed E-state index contributed by atoms with van der Waals surface area (Å²) in [6, 6.07) is 5.14. The van der Waals surface area contributed by atoms with Gasteiger partial charge in [-0.1, -0.05) is 29.8 Å². The largest absolute Gasteiger partial charge is 0.317 e. The Hall–Kier alpha value is -0.410. The lowest BCUT2D eigenvalue weighted by Crippen LogP contribution is -2.17. The van der Waals surface area contributed by atoms with E-state index in [4.69, 9.17) is 0 Å². The maximum Gasteiger partial charge on any atom is 0.126 e. The molecule has 0 amide bonds. The molecule has 0 saturated heterocycles. The van der Waals surface area contributed by atoms with Crippen LogP contribution in [0.1, 0.15) is 25.8 Å². The molecule has 0 heterocycles. The molecule has 1 aromatic rings. The minimum Gasteiger partial charge on any atom is -0.317 e. The van der Waals surface area contributed by atoms with Gasteiger partial charge in [0.05, 0.1) is 0 Å². The lowest BCUT2D eigenvalue weighted by atomic mass is 9.98. The van der Waals surface area contributed by atoms with Gasteiger partial charge in [-0.2, -0.15) is 0 Å². The Balaban J connectivity index is 2.48. The van der Waals surface area contributed by atoms with Crippen LogP contribution in [0.15, 0.2) is 22.7 Å². The van der Waals surface area contributed by atoms with E-state index in [9.17, 15) is 4.39 Å². The highest BCUT2D eigenvalue weighted by Gasteiger charge is 2.08. The Morgan fingerprint density at radius 2 is 2.19 bits per heavy atom. The van der Waals surface area contributed by atoms with Crippen LogP contribution in [-0.4, -0.2) is 13.1 Å². The van der Waals surface area contributed by atoms with Crippen LogP contribution in [-0.2, 0) is 6.42 Å². The van der Waals surface area contributed by atoms with Crippen LogP contribution in [0.3, 0.4) is 0 Å². The van der Waals surface area contributed by atoms with E-state index in [1.54, 1.807) is 6.07 Å². The summed E-state index contributed by atoms with van der Waals surface area (Å²) in [5, 5.41) is 3.29. The predicted octanol–water partition coefficient (Wildman–Crippen LogP) is 3.77. The lowest BCUT2D eigenvalue weighted by Gasteiger charge is -2.12. The minimum absolute atomic E-state index is 0.0986. The molecule has 1 unspecified atom stereocenters. The molecule has 0 radical (unpaired) electrons. The molecule has 0 aliphatic rings. The zero-order valence-electron chi connectivity index (χ0n) is 9.89. The normalized spacial score (nSPS) is 12.8. The second-order valence-corrected chi connectivity index (χ2v) is 5.10. The van der Waals surface area contributed by atoms with E-state index in [1.807, 2.05) is 6.07 Å². The van der Waals surface area contributed by atoms with Crippen molar-refractivity contribution in [2.24, 2.45) is 5.92 Å². The van der Waals surface area contributed by atoms with Crippen LogP contribution >= 0.6 is 15.9 Å². The summed E-state index contributed by atoms with van der Waals surface area (Å²) < 4.78 is 14.4. The molecular weight excluding hydrogens is 269 g/mol. The van der Waals surface area contributed by atoms with Gasteiger partial charge in [0.15, 0.2) is 0 Å². The van der Waals surface area contributed by atoms with Gasteiger partial charge in [0.1, 0.15) is 5.82 Å². The van der Waals surface area contributed by atoms with Gasteiger partial charge in [0.2, 0.25) is 0 Å². The molecule has 1 N–H and O–H groups in total. The summed E-state index contributed by atoms with van der Waals surface area (Å²) in [5.41, 5.74) is 0.804. The standard InChI is InChI=1S/C13H19BrFN/c1-3-16-7-6-10(2)8-11-9-12(14)4-5-13(11)15/h4-5,9-10,16H,3,6-8H2,1-2H3. The molecule has 3 heteroatoms. The van der Waals surface area contributed by atoms with Crippen LogP contribution in [0, 0.1) is 11.7 Å². The van der Waals surface area contributed by atoms with E-state index in [2.05, 4.69) is 35.1 Å². The third-order valence-electron chi connectivity index (χ3n) is 2.64. The fourth-order valence-electron chi connectivity index (χ4n) is 1.70. The number of halogens is 2. The predicted molar refractivity (Wildman–Crippen MR) is 70.1 cm³/mol. The fraction of sp³-hybridized carbons (Fsp3) is 0.538. The molecular formula is C13H19BrFN. The number of rotatable bonds is 6. The van der Waals surface area contributed by atoms with Gasteiger partial charge >= 0.3 is 0 Å². The summed E-state index contributed by atoms with van der Waals surface area (Å²) in [5.74, 6) is 0.404. The Bertz CT molecular complexity index is 328. The smallest absolute Gasteiger partial charge is 0.126 e. The summed E-state index contributed by atoms with van der Waals surface area (Å²) in [6.07, 6.45) is 1.89. The molecule has 0 spiro atoms. The minimum atomic E-state index is -0.0986. The molecule has 1 atom stereocenters. The molecule has 0 aliphatic carbocycles. The Morgan fingerprint density at radius 1 is 1.44 bits per heavy atom. The van der Waals surface area contributed by atoms with E-state index >= 15 is 0 Å². The SMILES string of the molecule is CCNCCC(C)Cc1cc(Br)ccc1F. The Kier molecular flexibility index (Phi) is 5.99. The lowest BCUT2D eigenvalue weighted by molar-refractivity contribution is 0.490. The van der Waals surface area contributed by atoms with Crippen molar-refractivity contribution in [2.45, 2.75) is 26.7 Å². The molecule has 0 aromatic heterocycles. The van der Waals surface area contributed by atoms with Crippen LogP contribution < -0.4 is 5.32 Å². The molecule has 0 fully saturated rings. The van der Waals surface area contributed by atoms with Crippen molar-refractivity contribution in [2.75, 3.05) is 13.1 Å². The van der Waals surface area contributed by atoms with Gasteiger partial charge in [0, 0.05) is 4.47 Å². The fourth-order valence-corrected chi connectivity index (χ4v) is 2.11. The molecule has 1 rings (SSSR count). The first-order chi connectivity index (χ1) is 7.63. The average molecular weight is 288 g/mol. The second kappa shape index (κ2) is 7.02. The third kappa shape index (κ3) is 4.62. The third-order valence-corrected chi connectivity index (χ3v) is 3.13. The monoisotopic (exact) mass is 287 g/mol. The van der Waals surface area contributed by atoms with Crippen molar-refractivity contribution in [1.29, 1.82) is 0 Å². The second-order valence-electron chi connectivity index (χ2n) is 4.19. The summed E-state index contributed by atoms with van der Waals surface area (Å²) in [6.45, 7) is 6.27. The van der Waals surface area contributed by atoms with Gasteiger partial charge in [-0.15, -0.1) is 0 Å². The Labute approximate surface area is 106 Å². The van der Waals surface area contributed by atoms with E-state index < -0.39 is 0 Å². The van der Waals surface area contributed by atoms with E-state index in [1.165, 1.54) is 6.07 Å². The van der Waals surface area contributed by atoms with Crippen molar-refractivity contribution in [3.8, 4) is 0 Å². The van der Waals surface area contributed by atoms with E-state index in [0.29, 0.717) is 5.92 Å². The highest BCUT2D eigenvalue weighted by Crippen LogP contribution is 2.19. The number of benzene rings is 1. The van der Waals surface area contributed by atoms with Gasteiger partial charge in [-0.05, 0) is 55.6 Å². The van der Waals surface area contributed by atoms with E-state index in [-0.39, 0.29) is 5.82 Å². The van der Waals surface area contributed by atoms with Crippen LogP contribution in [0.5, 0.6) is 0 Å². The molecule has 0 bridgehead atoms. The van der Waals surface area contributed by atoms with Crippen molar-refractivity contribution in [3.05, 3.63) is 34.1 Å². The zero-order valence-corrected chi connectivity index (χ0v) is 11.5. The van der Waals surface area contributed by atoms with E-state index in [0.717, 1.165) is 36.0 Å². The maximum atomic E-state index is 13.5. The highest BCUT2D eigenvalue weighted by molar-refractivity contribution is 9.10. The molecule has 90 valence electrons. The van der Waals surface area contributed by atoms with Gasteiger partial charge in [-0.25, -0.2) is 4.39 Å². The van der Waals surface area contributed by atoms with Crippen molar-refractivity contribution in [3.63, 3.8) is 0 Å². The zero-order chi connectivity index (χ0) is 12.0. The maximum absolute atomic E-state index is 13.5. The van der Waals surface area contributed by atoms with Gasteiger partial charge in [0.25, 0.3) is 0 Å². The van der Waals surface area contributed by atoms with Crippen LogP contribution in [0.4, 0.5) is 4.39 Å². The molecule has 1 aromatic carbocycles. The summed E-state index contributed by atoms with van der Waals surface area (Å²) in [7, 11) is 0. The Morgan fingerprint density at radius 3 is 2.88 bits per heavy atom. The number of nitrogens with one attached hydrogen (secondary N) is 1. The highest BCUT2D eigenvalue weighted by atomic mass is 79.9. The van der Waals surface area contributed by atoms with Gasteiger partial charge < -0.3 is 5.32 Å². The van der Waals surface area contributed by atoms with Gasteiger partial charge in [-0.3, -0.25) is 0 Å². The van der Waals surface area contributed by atoms with Crippen molar-refractivity contribution in [1.82, 2.24) is 5.32 Å². The molecule has 1 nitrogen and oxygen atoms in total. The molecule has 0 aliphatic heterocycles. The summed E-state index contributed by atoms with van der Waals surface area (Å²) >= 11 is 3.37. The van der Waals surface area contributed by atoms with Crippen molar-refractivity contribution < 1.29 is 4.39 Å². The first-order valence-electron chi connectivity index (χ1n) is 5.78. The average Bonchev–Trinajstić information content (AvgIpc) is 2.24. The first kappa shape index (κ1) is 13.7. The number of hydrogen-bond acceptors (Lipinski definition) is 1. The molecule has 16 heavy (non-hydrogen) atoms. The first-order valence-corrected chi connectivity index (χ1v) is 6.57. The van der Waals surface area contributed by atoms with Crippen LogP contribution in [0.25, 0.3) is 0 Å². The van der Waals surface area contributed by atoms with Crippen molar-refractivity contribution >= 4 is 15.9 Å². The van der Waals surface area contributed by atoms with Crippen LogP contribution in [0.2, 0.25) is 0 Å². The summed E-state index contributed by atoms with van der Waals surface area (Å²) in [4.78, 5) is 0. The number of hydrogen-bond donors (Lipinski definition) is 1. The molecule has 0 saturated carbocycles.